The van der Waals surface area contributed by atoms with E-state index in [1.54, 1.807) is 23.5 Å². The molecule has 1 unspecified atom stereocenters. The molecule has 1 atom stereocenters. The number of nitrogens with zero attached hydrogens (tertiary/aromatic N) is 1. The number of aryl methyl sites for hydroxylation is 1. The summed E-state index contributed by atoms with van der Waals surface area (Å²) in [5, 5.41) is 1.05. The molecule has 100 valence electrons. The maximum absolute atomic E-state index is 13.5. The van der Waals surface area contributed by atoms with Crippen LogP contribution in [0.5, 0.6) is 0 Å². The van der Waals surface area contributed by atoms with Crippen LogP contribution in [0.25, 0.3) is 0 Å². The van der Waals surface area contributed by atoms with Gasteiger partial charge in [-0.2, -0.15) is 0 Å². The molecule has 0 spiro atoms. The predicted molar refractivity (Wildman–Crippen MR) is 77.9 cm³/mol. The van der Waals surface area contributed by atoms with E-state index in [1.165, 1.54) is 22.7 Å². The first kappa shape index (κ1) is 13.1. The normalized spacial score (nSPS) is 18.3. The first-order valence-corrected chi connectivity index (χ1v) is 8.15. The summed E-state index contributed by atoms with van der Waals surface area (Å²) in [6.45, 7) is 0. The number of thioether (sulfide) groups is 1. The van der Waals surface area contributed by atoms with Gasteiger partial charge in [-0.1, -0.05) is 12.1 Å². The highest BCUT2D eigenvalue weighted by Crippen LogP contribution is 2.35. The van der Waals surface area contributed by atoms with Gasteiger partial charge in [-0.25, -0.2) is 9.37 Å². The number of thiazole rings is 1. The summed E-state index contributed by atoms with van der Waals surface area (Å²) in [6, 6.07) is 7.01. The van der Waals surface area contributed by atoms with Crippen molar-refractivity contribution in [1.82, 2.24) is 4.98 Å². The standard InChI is InChI=1S/C14H15FN2S2/c15-9-4-1-2-7-12(9)18-8-13-17-11-6-3-5-10(16)14(11)19-13/h1-2,4,7,10H,3,5-6,8,16H2. The molecule has 0 bridgehead atoms. The number of hydrogen-bond acceptors (Lipinski definition) is 4. The van der Waals surface area contributed by atoms with Crippen molar-refractivity contribution in [3.8, 4) is 0 Å². The molecule has 0 saturated carbocycles. The lowest BCUT2D eigenvalue weighted by Crippen LogP contribution is -2.15. The fraction of sp³-hybridized carbons (Fsp3) is 0.357. The van der Waals surface area contributed by atoms with E-state index in [-0.39, 0.29) is 11.9 Å². The lowest BCUT2D eigenvalue weighted by atomic mass is 9.99. The lowest BCUT2D eigenvalue weighted by molar-refractivity contribution is 0.573. The number of hydrogen-bond donors (Lipinski definition) is 1. The molecular weight excluding hydrogens is 279 g/mol. The third-order valence-electron chi connectivity index (χ3n) is 3.23. The Morgan fingerprint density at radius 2 is 2.26 bits per heavy atom. The van der Waals surface area contributed by atoms with E-state index in [4.69, 9.17) is 5.73 Å². The minimum Gasteiger partial charge on any atom is -0.323 e. The molecular formula is C14H15FN2S2. The molecule has 1 aliphatic rings. The number of benzene rings is 1. The zero-order valence-corrected chi connectivity index (χ0v) is 12.1. The molecule has 0 fully saturated rings. The average Bonchev–Trinajstić information content (AvgIpc) is 2.82. The molecule has 2 N–H and O–H groups in total. The molecule has 0 saturated heterocycles. The number of aromatic nitrogens is 1. The molecule has 1 heterocycles. The van der Waals surface area contributed by atoms with Crippen molar-refractivity contribution in [2.24, 2.45) is 5.73 Å². The van der Waals surface area contributed by atoms with Gasteiger partial charge in [0, 0.05) is 15.8 Å². The van der Waals surface area contributed by atoms with Gasteiger partial charge in [-0.15, -0.1) is 23.1 Å². The fourth-order valence-corrected chi connectivity index (χ4v) is 4.35. The summed E-state index contributed by atoms with van der Waals surface area (Å²) in [5.74, 6) is 0.552. The van der Waals surface area contributed by atoms with Gasteiger partial charge in [0.05, 0.1) is 11.4 Å². The van der Waals surface area contributed by atoms with E-state index in [1.807, 2.05) is 6.07 Å². The molecule has 0 amide bonds. The quantitative estimate of drug-likeness (QED) is 0.872. The molecule has 5 heteroatoms. The van der Waals surface area contributed by atoms with E-state index in [0.717, 1.165) is 30.0 Å². The third-order valence-corrected chi connectivity index (χ3v) is 5.70. The number of rotatable bonds is 3. The van der Waals surface area contributed by atoms with E-state index < -0.39 is 0 Å². The molecule has 19 heavy (non-hydrogen) atoms. The highest BCUT2D eigenvalue weighted by atomic mass is 32.2. The predicted octanol–water partition coefficient (Wildman–Crippen LogP) is 3.91. The van der Waals surface area contributed by atoms with Gasteiger partial charge in [0.1, 0.15) is 10.8 Å². The van der Waals surface area contributed by atoms with E-state index in [0.29, 0.717) is 10.6 Å². The topological polar surface area (TPSA) is 38.9 Å². The van der Waals surface area contributed by atoms with E-state index in [9.17, 15) is 4.39 Å². The van der Waals surface area contributed by atoms with Gasteiger partial charge in [-0.05, 0) is 31.4 Å². The minimum atomic E-state index is -0.162. The van der Waals surface area contributed by atoms with E-state index >= 15 is 0 Å². The second kappa shape index (κ2) is 5.61. The van der Waals surface area contributed by atoms with E-state index in [2.05, 4.69) is 4.98 Å². The second-order valence-corrected chi connectivity index (χ2v) is 6.77. The largest absolute Gasteiger partial charge is 0.323 e. The molecule has 2 nitrogen and oxygen atoms in total. The zero-order valence-electron chi connectivity index (χ0n) is 10.4. The Labute approximate surface area is 120 Å². The van der Waals surface area contributed by atoms with Crippen LogP contribution in [0.1, 0.15) is 34.5 Å². The Morgan fingerprint density at radius 3 is 3.05 bits per heavy atom. The second-order valence-electron chi connectivity index (χ2n) is 4.64. The number of halogens is 1. The minimum absolute atomic E-state index is 0.147. The summed E-state index contributed by atoms with van der Waals surface area (Å²) >= 11 is 3.19. The monoisotopic (exact) mass is 294 g/mol. The van der Waals surface area contributed by atoms with Crippen LogP contribution in [0.3, 0.4) is 0 Å². The van der Waals surface area contributed by atoms with Gasteiger partial charge >= 0.3 is 0 Å². The smallest absolute Gasteiger partial charge is 0.136 e. The Hall–Kier alpha value is -0.910. The average molecular weight is 294 g/mol. The van der Waals surface area contributed by atoms with Crippen molar-refractivity contribution in [2.45, 2.75) is 36.0 Å². The van der Waals surface area contributed by atoms with Crippen molar-refractivity contribution in [2.75, 3.05) is 0 Å². The summed E-state index contributed by atoms with van der Waals surface area (Å²) in [6.07, 6.45) is 3.21. The maximum atomic E-state index is 13.5. The van der Waals surface area contributed by atoms with Crippen molar-refractivity contribution in [1.29, 1.82) is 0 Å². The molecule has 1 aromatic heterocycles. The van der Waals surface area contributed by atoms with Crippen molar-refractivity contribution < 1.29 is 4.39 Å². The molecule has 0 radical (unpaired) electrons. The fourth-order valence-electron chi connectivity index (χ4n) is 2.27. The van der Waals surface area contributed by atoms with Crippen LogP contribution in [0, 0.1) is 5.82 Å². The zero-order chi connectivity index (χ0) is 13.2. The molecule has 0 aliphatic heterocycles. The number of nitrogens with two attached hydrogens (primary N) is 1. The van der Waals surface area contributed by atoms with Gasteiger partial charge in [0.15, 0.2) is 0 Å². The summed E-state index contributed by atoms with van der Waals surface area (Å²) in [5.41, 5.74) is 7.25. The Balaban J connectivity index is 1.73. The van der Waals surface area contributed by atoms with Crippen LogP contribution in [-0.2, 0) is 12.2 Å². The van der Waals surface area contributed by atoms with Gasteiger partial charge < -0.3 is 5.73 Å². The summed E-state index contributed by atoms with van der Waals surface area (Å²) in [7, 11) is 0. The van der Waals surface area contributed by atoms with Gasteiger partial charge in [-0.3, -0.25) is 0 Å². The van der Waals surface area contributed by atoms with Crippen LogP contribution < -0.4 is 5.73 Å². The molecule has 1 aromatic carbocycles. The van der Waals surface area contributed by atoms with Crippen LogP contribution in [0.2, 0.25) is 0 Å². The van der Waals surface area contributed by atoms with Gasteiger partial charge in [0.25, 0.3) is 0 Å². The summed E-state index contributed by atoms with van der Waals surface area (Å²) in [4.78, 5) is 6.55. The summed E-state index contributed by atoms with van der Waals surface area (Å²) < 4.78 is 13.5. The maximum Gasteiger partial charge on any atom is 0.136 e. The molecule has 3 rings (SSSR count). The Kier molecular flexibility index (Phi) is 3.86. The van der Waals surface area contributed by atoms with Crippen LogP contribution in [-0.4, -0.2) is 4.98 Å². The van der Waals surface area contributed by atoms with Crippen molar-refractivity contribution in [3.05, 3.63) is 45.7 Å². The van der Waals surface area contributed by atoms with Crippen LogP contribution in [0.15, 0.2) is 29.2 Å². The molecule has 2 aromatic rings. The SMILES string of the molecule is NC1CCCc2nc(CSc3ccccc3F)sc21. The van der Waals surface area contributed by atoms with Crippen molar-refractivity contribution in [3.63, 3.8) is 0 Å². The molecule has 1 aliphatic carbocycles. The lowest BCUT2D eigenvalue weighted by Gasteiger charge is -2.15. The number of fused-ring (bicyclic) bond motifs is 1. The van der Waals surface area contributed by atoms with Crippen LogP contribution in [0.4, 0.5) is 4.39 Å². The Morgan fingerprint density at radius 1 is 1.42 bits per heavy atom. The highest BCUT2D eigenvalue weighted by Gasteiger charge is 2.21. The Bertz CT molecular complexity index is 583. The first-order chi connectivity index (χ1) is 9.24. The van der Waals surface area contributed by atoms with Gasteiger partial charge in [0.2, 0.25) is 0 Å². The van der Waals surface area contributed by atoms with Crippen molar-refractivity contribution >= 4 is 23.1 Å². The first-order valence-electron chi connectivity index (χ1n) is 6.35. The van der Waals surface area contributed by atoms with Crippen LogP contribution >= 0.6 is 23.1 Å². The highest BCUT2D eigenvalue weighted by molar-refractivity contribution is 7.98. The third kappa shape index (κ3) is 2.83.